The Morgan fingerprint density at radius 1 is 1.17 bits per heavy atom. The molecule has 0 bridgehead atoms. The van der Waals surface area contributed by atoms with E-state index in [1.54, 1.807) is 0 Å². The van der Waals surface area contributed by atoms with Crippen LogP contribution < -0.4 is 5.32 Å². The summed E-state index contributed by atoms with van der Waals surface area (Å²) < 4.78 is 5.63. The second-order valence-electron chi connectivity index (χ2n) is 5.79. The van der Waals surface area contributed by atoms with Gasteiger partial charge in [0.05, 0.1) is 12.6 Å². The highest BCUT2D eigenvalue weighted by Crippen LogP contribution is 2.24. The summed E-state index contributed by atoms with van der Waals surface area (Å²) in [6.07, 6.45) is 1.07. The topological polar surface area (TPSA) is 21.3 Å². The number of rotatable bonds is 6. The molecule has 18 heavy (non-hydrogen) atoms. The van der Waals surface area contributed by atoms with Crippen molar-refractivity contribution in [2.45, 2.75) is 45.6 Å². The van der Waals surface area contributed by atoms with E-state index in [0.29, 0.717) is 0 Å². The van der Waals surface area contributed by atoms with Gasteiger partial charge in [0.2, 0.25) is 0 Å². The zero-order chi connectivity index (χ0) is 13.6. The van der Waals surface area contributed by atoms with Crippen LogP contribution in [0.3, 0.4) is 0 Å². The predicted octanol–water partition coefficient (Wildman–Crippen LogP) is 3.67. The van der Waals surface area contributed by atoms with E-state index in [4.69, 9.17) is 4.74 Å². The molecule has 0 heterocycles. The number of nitrogens with one attached hydrogen (secondary N) is 1. The molecule has 1 atom stereocenters. The van der Waals surface area contributed by atoms with Crippen molar-refractivity contribution >= 4 is 0 Å². The van der Waals surface area contributed by atoms with Crippen LogP contribution >= 0.6 is 0 Å². The first-order valence-electron chi connectivity index (χ1n) is 6.84. The van der Waals surface area contributed by atoms with Gasteiger partial charge in [-0.3, -0.25) is 0 Å². The van der Waals surface area contributed by atoms with Crippen molar-refractivity contribution in [1.29, 1.82) is 0 Å². The van der Waals surface area contributed by atoms with Gasteiger partial charge < -0.3 is 10.1 Å². The molecule has 0 fully saturated rings. The Morgan fingerprint density at radius 2 is 1.78 bits per heavy atom. The maximum absolute atomic E-state index is 5.63. The predicted molar refractivity (Wildman–Crippen MR) is 78.1 cm³/mol. The molecular weight excluding hydrogens is 222 g/mol. The van der Waals surface area contributed by atoms with Crippen LogP contribution in [-0.4, -0.2) is 20.3 Å². The Morgan fingerprint density at radius 3 is 2.22 bits per heavy atom. The molecule has 0 aliphatic carbocycles. The largest absolute Gasteiger partial charge is 0.379 e. The Hall–Kier alpha value is -0.860. The van der Waals surface area contributed by atoms with Crippen LogP contribution in [0.2, 0.25) is 0 Å². The van der Waals surface area contributed by atoms with Gasteiger partial charge in [0.1, 0.15) is 0 Å². The van der Waals surface area contributed by atoms with Crippen LogP contribution in [0, 0.1) is 0 Å². The summed E-state index contributed by atoms with van der Waals surface area (Å²) in [5, 5.41) is 3.31. The molecule has 0 saturated heterocycles. The molecule has 1 aromatic carbocycles. The van der Waals surface area contributed by atoms with E-state index in [9.17, 15) is 0 Å². The van der Waals surface area contributed by atoms with E-state index in [0.717, 1.165) is 19.6 Å². The van der Waals surface area contributed by atoms with E-state index >= 15 is 0 Å². The molecule has 0 aromatic heterocycles. The molecule has 1 rings (SSSR count). The van der Waals surface area contributed by atoms with Gasteiger partial charge in [-0.05, 0) is 30.0 Å². The zero-order valence-electron chi connectivity index (χ0n) is 12.4. The zero-order valence-corrected chi connectivity index (χ0v) is 12.4. The summed E-state index contributed by atoms with van der Waals surface area (Å²) >= 11 is 0. The Bertz CT molecular complexity index is 337. The third kappa shape index (κ3) is 4.43. The van der Waals surface area contributed by atoms with Gasteiger partial charge in [0.15, 0.2) is 0 Å². The van der Waals surface area contributed by atoms with Gasteiger partial charge in [0.25, 0.3) is 0 Å². The summed E-state index contributed by atoms with van der Waals surface area (Å²) in [6, 6.07) is 9.14. The van der Waals surface area contributed by atoms with Gasteiger partial charge in [-0.25, -0.2) is 0 Å². The lowest BCUT2D eigenvalue weighted by molar-refractivity contribution is 0.114. The molecule has 0 spiro atoms. The summed E-state index contributed by atoms with van der Waals surface area (Å²) in [6.45, 7) is 10.4. The van der Waals surface area contributed by atoms with Crippen LogP contribution in [-0.2, 0) is 10.2 Å². The van der Waals surface area contributed by atoms with Crippen LogP contribution in [0.25, 0.3) is 0 Å². The van der Waals surface area contributed by atoms with Gasteiger partial charge in [-0.1, -0.05) is 52.0 Å². The number of hydrogen-bond donors (Lipinski definition) is 1. The number of benzene rings is 1. The molecule has 1 aromatic rings. The molecule has 2 nitrogen and oxygen atoms in total. The van der Waals surface area contributed by atoms with Crippen LogP contribution in [0.15, 0.2) is 24.3 Å². The van der Waals surface area contributed by atoms with E-state index in [1.165, 1.54) is 11.1 Å². The first-order chi connectivity index (χ1) is 8.49. The van der Waals surface area contributed by atoms with Crippen LogP contribution in [0.5, 0.6) is 0 Å². The maximum Gasteiger partial charge on any atom is 0.0661 e. The molecular formula is C16H27NO. The van der Waals surface area contributed by atoms with Gasteiger partial charge >= 0.3 is 0 Å². The lowest BCUT2D eigenvalue weighted by atomic mass is 9.86. The fourth-order valence-electron chi connectivity index (χ4n) is 1.91. The second-order valence-corrected chi connectivity index (χ2v) is 5.79. The smallest absolute Gasteiger partial charge is 0.0661 e. The summed E-state index contributed by atoms with van der Waals surface area (Å²) in [7, 11) is 1.98. The quantitative estimate of drug-likeness (QED) is 0.777. The number of ether oxygens (including phenoxy) is 1. The summed E-state index contributed by atoms with van der Waals surface area (Å²) in [4.78, 5) is 0. The highest BCUT2D eigenvalue weighted by Gasteiger charge is 2.14. The molecule has 0 radical (unpaired) electrons. The lowest BCUT2D eigenvalue weighted by Crippen LogP contribution is -2.22. The fraction of sp³-hybridized carbons (Fsp3) is 0.625. The number of hydrogen-bond acceptors (Lipinski definition) is 2. The third-order valence-electron chi connectivity index (χ3n) is 3.16. The highest BCUT2D eigenvalue weighted by atomic mass is 16.5. The Balaban J connectivity index is 2.69. The number of likely N-dealkylation sites (N-methyl/N-ethyl adjacent to an activating group) is 1. The first-order valence-corrected chi connectivity index (χ1v) is 6.84. The first kappa shape index (κ1) is 15.2. The molecule has 0 aliphatic rings. The van der Waals surface area contributed by atoms with Gasteiger partial charge in [0, 0.05) is 6.61 Å². The van der Waals surface area contributed by atoms with Crippen molar-refractivity contribution in [3.63, 3.8) is 0 Å². The minimum atomic E-state index is 0.215. The van der Waals surface area contributed by atoms with Crippen molar-refractivity contribution in [1.82, 2.24) is 5.32 Å². The van der Waals surface area contributed by atoms with Crippen molar-refractivity contribution < 1.29 is 4.74 Å². The third-order valence-corrected chi connectivity index (χ3v) is 3.16. The van der Waals surface area contributed by atoms with E-state index in [1.807, 2.05) is 7.05 Å². The normalized spacial score (nSPS) is 13.6. The average Bonchev–Trinajstić information content (AvgIpc) is 2.34. The molecule has 1 N–H and O–H groups in total. The lowest BCUT2D eigenvalue weighted by Gasteiger charge is -2.21. The highest BCUT2D eigenvalue weighted by molar-refractivity contribution is 5.29. The van der Waals surface area contributed by atoms with Crippen molar-refractivity contribution in [2.75, 3.05) is 20.3 Å². The van der Waals surface area contributed by atoms with E-state index < -0.39 is 0 Å². The van der Waals surface area contributed by atoms with Crippen LogP contribution in [0.1, 0.15) is 51.3 Å². The molecule has 0 aliphatic heterocycles. The maximum atomic E-state index is 5.63. The molecule has 0 saturated carbocycles. The van der Waals surface area contributed by atoms with E-state index in [-0.39, 0.29) is 11.5 Å². The van der Waals surface area contributed by atoms with E-state index in [2.05, 4.69) is 57.3 Å². The molecule has 102 valence electrons. The van der Waals surface area contributed by atoms with Gasteiger partial charge in [-0.2, -0.15) is 0 Å². The van der Waals surface area contributed by atoms with Crippen molar-refractivity contribution in [2.24, 2.45) is 0 Å². The monoisotopic (exact) mass is 249 g/mol. The second kappa shape index (κ2) is 6.91. The standard InChI is InChI=1S/C16H27NO/c1-6-11-18-12-15(17-5)13-7-9-14(10-8-13)16(2,3)4/h7-10,15,17H,6,11-12H2,1-5H3. The fourth-order valence-corrected chi connectivity index (χ4v) is 1.91. The summed E-state index contributed by atoms with van der Waals surface area (Å²) in [5.74, 6) is 0. The molecule has 2 heteroatoms. The van der Waals surface area contributed by atoms with Gasteiger partial charge in [-0.15, -0.1) is 0 Å². The Kier molecular flexibility index (Phi) is 5.83. The SMILES string of the molecule is CCCOCC(NC)c1ccc(C(C)(C)C)cc1. The van der Waals surface area contributed by atoms with Crippen molar-refractivity contribution in [3.05, 3.63) is 35.4 Å². The minimum absolute atomic E-state index is 0.215. The Labute approximate surface area is 112 Å². The minimum Gasteiger partial charge on any atom is -0.379 e. The molecule has 0 amide bonds. The van der Waals surface area contributed by atoms with Crippen LogP contribution in [0.4, 0.5) is 0 Å². The average molecular weight is 249 g/mol. The van der Waals surface area contributed by atoms with Crippen molar-refractivity contribution in [3.8, 4) is 0 Å². The summed E-state index contributed by atoms with van der Waals surface area (Å²) in [5.41, 5.74) is 2.88. The molecule has 1 unspecified atom stereocenters.